The van der Waals surface area contributed by atoms with Crippen molar-refractivity contribution in [1.82, 2.24) is 0 Å². The van der Waals surface area contributed by atoms with Crippen LogP contribution in [0.4, 0.5) is 27.6 Å². The fourth-order valence-electron chi connectivity index (χ4n) is 9.89. The van der Waals surface area contributed by atoms with Gasteiger partial charge in [0.2, 0.25) is 34.8 Å². The molecule has 0 bridgehead atoms. The van der Waals surface area contributed by atoms with Crippen molar-refractivity contribution in [3.8, 4) is 0 Å². The first-order valence-corrected chi connectivity index (χ1v) is 30.5. The summed E-state index contributed by atoms with van der Waals surface area (Å²) in [7, 11) is 0. The number of rotatable bonds is 43. The van der Waals surface area contributed by atoms with Gasteiger partial charge in [-0.2, -0.15) is 29.9 Å². The van der Waals surface area contributed by atoms with Gasteiger partial charge in [-0.15, -0.1) is 0 Å². The minimum absolute atomic E-state index is 0.318. The van der Waals surface area contributed by atoms with Crippen LogP contribution in [0.15, 0.2) is 0 Å². The summed E-state index contributed by atoms with van der Waals surface area (Å²) >= 11 is -1.45. The first-order valence-electron chi connectivity index (χ1n) is 27.3. The molecule has 0 spiro atoms. The molecule has 0 aromatic heterocycles. The molecule has 1 unspecified atom stereocenters. The van der Waals surface area contributed by atoms with Gasteiger partial charge in [0, 0.05) is 0 Å². The summed E-state index contributed by atoms with van der Waals surface area (Å²) in [5.41, 5.74) is -0.723. The minimum Gasteiger partial charge on any atom is -0.297 e. The van der Waals surface area contributed by atoms with Crippen LogP contribution in [0.25, 0.3) is 0 Å². The highest BCUT2D eigenvalue weighted by Crippen LogP contribution is 2.35. The van der Waals surface area contributed by atoms with E-state index in [1.54, 1.807) is 46.8 Å². The predicted molar refractivity (Wildman–Crippen MR) is 262 cm³/mol. The van der Waals surface area contributed by atoms with Crippen LogP contribution in [0, 0.1) is 29.1 Å². The Balaban J connectivity index is 0.00000129. The summed E-state index contributed by atoms with van der Waals surface area (Å²) in [5, 5.41) is 6.84. The maximum atomic E-state index is 13.9. The monoisotopic (exact) mass is 888 g/mol. The molecule has 0 saturated carbocycles. The van der Waals surface area contributed by atoms with E-state index in [0.717, 1.165) is 25.7 Å². The van der Waals surface area contributed by atoms with Gasteiger partial charge in [-0.05, 0) is 19.3 Å². The second kappa shape index (κ2) is 43.3. The highest BCUT2D eigenvalue weighted by atomic mass is 27.2. The Morgan fingerprint density at radius 3 is 0.754 bits per heavy atom. The number of quaternary nitrogens is 1. The van der Waals surface area contributed by atoms with Crippen LogP contribution in [0.3, 0.4) is 0 Å². The number of halogens is 5. The van der Waals surface area contributed by atoms with E-state index in [1.807, 2.05) is 6.92 Å². The summed E-state index contributed by atoms with van der Waals surface area (Å²) in [4.78, 5) is 0.318. The molecule has 61 heavy (non-hydrogen) atoms. The lowest BCUT2D eigenvalue weighted by Gasteiger charge is -2.37. The van der Waals surface area contributed by atoms with E-state index in [1.165, 1.54) is 167 Å². The van der Waals surface area contributed by atoms with Crippen LogP contribution >= 0.6 is 0 Å². The van der Waals surface area contributed by atoms with E-state index in [4.69, 9.17) is 0 Å². The molecule has 362 valence electrons. The normalized spacial score (nSPS) is 12.2. The molecule has 1 N–H and O–H groups in total. The van der Waals surface area contributed by atoms with Crippen molar-refractivity contribution in [1.29, 1.82) is 0 Å². The average Bonchev–Trinajstić information content (AvgIpc) is 3.26. The predicted octanol–water partition coefficient (Wildman–Crippen LogP) is 19.5. The highest BCUT2D eigenvalue weighted by Gasteiger charge is 2.32. The zero-order valence-electron chi connectivity index (χ0n) is 41.7. The highest BCUT2D eigenvalue weighted by molar-refractivity contribution is 6.79. The molecule has 7 heteroatoms. The van der Waals surface area contributed by atoms with Gasteiger partial charge in [0.25, 0.3) is 0 Å². The largest absolute Gasteiger partial charge is 0.297 e. The van der Waals surface area contributed by atoms with Crippen molar-refractivity contribution in [3.63, 3.8) is 0 Å². The summed E-state index contributed by atoms with van der Waals surface area (Å²) in [6.07, 6.45) is 49.6. The van der Waals surface area contributed by atoms with E-state index >= 15 is 0 Å². The van der Waals surface area contributed by atoms with Crippen LogP contribution in [0.1, 0.15) is 273 Å². The molecule has 1 rings (SSSR count). The lowest BCUT2D eigenvalue weighted by atomic mass is 10.1. The third kappa shape index (κ3) is 31.0. The van der Waals surface area contributed by atoms with Gasteiger partial charge >= 0.3 is 0 Å². The lowest BCUT2D eigenvalue weighted by Crippen LogP contribution is -3.07. The molecule has 0 aliphatic carbocycles. The SMILES string of the molecule is CCCCCCCCC[NH+](CCC)c1c(F)c(F)c(F)c(F)c1F.CCCCCCCC[CH2][Al-]([CH2]CCCCCCCC)([CH2]CCCCCCCC)[CH2]CCCCCCCC. The van der Waals surface area contributed by atoms with Gasteiger partial charge in [0.05, 0.1) is 13.1 Å². The molecule has 0 amide bonds. The summed E-state index contributed by atoms with van der Waals surface area (Å²) in [5.74, 6) is -9.25. The topological polar surface area (TPSA) is 4.44 Å². The Kier molecular flexibility index (Phi) is 42.8. The second-order valence-corrected chi connectivity index (χ2v) is 25.3. The smallest absolute Gasteiger partial charge is 0.225 e. The van der Waals surface area contributed by atoms with E-state index in [0.29, 0.717) is 30.8 Å². The third-order valence-corrected chi connectivity index (χ3v) is 20.4. The van der Waals surface area contributed by atoms with Crippen LogP contribution in [0.5, 0.6) is 0 Å². The average molecular weight is 888 g/mol. The number of nitrogens with one attached hydrogen (secondary N) is 1. The van der Waals surface area contributed by atoms with Gasteiger partial charge < -0.3 is 0 Å². The summed E-state index contributed by atoms with van der Waals surface area (Å²) in [6, 6.07) is 0. The standard InChI is InChI=1S/C18H26F5N.4C9H19.Al/c1-3-5-6-7-8-9-10-12-24(11-4-2)18-16(22)14(20)13(19)15(21)17(18)23;4*1-3-5-7-9-8-6-4-2;/h3-12H2,1-2H3;4*1,3-9H2,2H3;/q;;;;;-1/p+1. The molecule has 0 aliphatic heterocycles. The molecule has 0 fully saturated rings. The fraction of sp³-hybridized carbons (Fsp3) is 0.889. The maximum Gasteiger partial charge on any atom is 0.225 e. The van der Waals surface area contributed by atoms with Crippen molar-refractivity contribution in [3.05, 3.63) is 29.1 Å². The molecular weight excluding hydrogens is 785 g/mol. The van der Waals surface area contributed by atoms with Gasteiger partial charge in [0.15, 0.2) is 0 Å². The molecule has 0 saturated heterocycles. The molecule has 0 radical (unpaired) electrons. The molecule has 1 aromatic carbocycles. The molecule has 0 aliphatic rings. The summed E-state index contributed by atoms with van der Waals surface area (Å²) in [6.45, 7) is 14.0. The van der Waals surface area contributed by atoms with E-state index < -0.39 is 47.9 Å². The molecule has 0 heterocycles. The zero-order valence-corrected chi connectivity index (χ0v) is 42.8. The Labute approximate surface area is 380 Å². The molecular formula is C54H103AlF5N. The number of hydrogen-bond acceptors (Lipinski definition) is 0. The van der Waals surface area contributed by atoms with E-state index in [-0.39, 0.29) is 0 Å². The van der Waals surface area contributed by atoms with E-state index in [9.17, 15) is 22.0 Å². The quantitative estimate of drug-likeness (QED) is 0.0219. The maximum absolute atomic E-state index is 13.9. The van der Waals surface area contributed by atoms with Crippen molar-refractivity contribution < 1.29 is 26.9 Å². The Morgan fingerprint density at radius 2 is 0.492 bits per heavy atom. The Bertz CT molecular complexity index is 993. The number of unbranched alkanes of at least 4 members (excludes halogenated alkanes) is 30. The number of benzene rings is 1. The van der Waals surface area contributed by atoms with E-state index in [2.05, 4.69) is 34.6 Å². The Morgan fingerprint density at radius 1 is 0.262 bits per heavy atom. The molecule has 1 nitrogen and oxygen atoms in total. The van der Waals surface area contributed by atoms with Crippen molar-refractivity contribution in [2.24, 2.45) is 0 Å². The van der Waals surface area contributed by atoms with Crippen molar-refractivity contribution >= 4 is 18.8 Å². The lowest BCUT2D eigenvalue weighted by molar-refractivity contribution is -0.835. The van der Waals surface area contributed by atoms with Crippen LogP contribution in [-0.2, 0) is 0 Å². The Hall–Kier alpha value is -0.638. The fourth-order valence-corrected chi connectivity index (χ4v) is 16.2. The van der Waals surface area contributed by atoms with Crippen LogP contribution in [-0.4, -0.2) is 26.2 Å². The summed E-state index contributed by atoms with van der Waals surface area (Å²) < 4.78 is 67.8. The van der Waals surface area contributed by atoms with Crippen LogP contribution in [0.2, 0.25) is 21.1 Å². The van der Waals surface area contributed by atoms with Crippen molar-refractivity contribution in [2.45, 2.75) is 294 Å². The van der Waals surface area contributed by atoms with Crippen LogP contribution < -0.4 is 4.90 Å². The first kappa shape index (κ1) is 60.4. The number of hydrogen-bond donors (Lipinski definition) is 1. The molecule has 1 atom stereocenters. The molecule has 1 aromatic rings. The minimum atomic E-state index is -2.10. The van der Waals surface area contributed by atoms with Gasteiger partial charge in [0.1, 0.15) is 13.1 Å². The second-order valence-electron chi connectivity index (χ2n) is 19.5. The van der Waals surface area contributed by atoms with Crippen molar-refractivity contribution in [2.75, 3.05) is 13.1 Å². The van der Waals surface area contributed by atoms with Gasteiger partial charge in [-0.3, -0.25) is 4.90 Å². The first-order chi connectivity index (χ1) is 29.7. The van der Waals surface area contributed by atoms with Gasteiger partial charge in [-0.1, -0.05) is 253 Å². The van der Waals surface area contributed by atoms with Gasteiger partial charge in [-0.25, -0.2) is 13.2 Å². The zero-order chi connectivity index (χ0) is 45.2. The third-order valence-electron chi connectivity index (χ3n) is 13.9.